The number of aliphatic hydroxyl groups is 1. The van der Waals surface area contributed by atoms with E-state index in [1.165, 1.54) is 7.11 Å². The van der Waals surface area contributed by atoms with E-state index in [-0.39, 0.29) is 13.0 Å². The molecule has 3 nitrogen and oxygen atoms in total. The first-order valence-corrected chi connectivity index (χ1v) is 7.01. The second-order valence-corrected chi connectivity index (χ2v) is 5.40. The molecule has 1 fully saturated rings. The first-order chi connectivity index (χ1) is 9.84. The van der Waals surface area contributed by atoms with Crippen molar-refractivity contribution in [3.63, 3.8) is 0 Å². The summed E-state index contributed by atoms with van der Waals surface area (Å²) in [5.41, 5.74) is 1.17. The zero-order chi connectivity index (χ0) is 15.6. The lowest BCUT2D eigenvalue weighted by Crippen LogP contribution is -2.42. The first-order valence-electron chi connectivity index (χ1n) is 7.01. The van der Waals surface area contributed by atoms with E-state index in [9.17, 15) is 18.3 Å². The number of hydrogen-bond donors (Lipinski definition) is 1. The molecule has 0 bridgehead atoms. The number of rotatable bonds is 3. The minimum atomic E-state index is -4.18. The number of alkyl halides is 3. The molecular formula is C15H20F3NO2. The van der Waals surface area contributed by atoms with Crippen LogP contribution < -0.4 is 9.64 Å². The standard InChI is InChI=1S/C15H20F3NO2/c1-10(20)14-12(6-3-7-13(14)21-2)19-8-4-5-11(9-19)15(16,17)18/h3,6-7,10-11,20H,4-5,8-9H2,1-2H3/t10-,11?/m0/s1. The average molecular weight is 303 g/mol. The van der Waals surface area contributed by atoms with Gasteiger partial charge in [-0.05, 0) is 31.9 Å². The van der Waals surface area contributed by atoms with E-state index in [1.807, 2.05) is 0 Å². The number of nitrogens with zero attached hydrogens (tertiary/aromatic N) is 1. The molecule has 1 saturated heterocycles. The van der Waals surface area contributed by atoms with Gasteiger partial charge in [-0.1, -0.05) is 6.07 Å². The Balaban J connectivity index is 2.33. The SMILES string of the molecule is COc1cccc(N2CCCC(C(F)(F)F)C2)c1[C@H](C)O. The monoisotopic (exact) mass is 303 g/mol. The molecule has 6 heteroatoms. The summed E-state index contributed by atoms with van der Waals surface area (Å²) in [5, 5.41) is 9.94. The number of anilines is 1. The third kappa shape index (κ3) is 3.43. The Hall–Kier alpha value is -1.43. The van der Waals surface area contributed by atoms with Crippen LogP contribution >= 0.6 is 0 Å². The normalized spacial score (nSPS) is 21.2. The summed E-state index contributed by atoms with van der Waals surface area (Å²) in [6.07, 6.45) is -4.33. The molecule has 1 unspecified atom stereocenters. The summed E-state index contributed by atoms with van der Waals surface area (Å²) in [7, 11) is 1.49. The van der Waals surface area contributed by atoms with Crippen molar-refractivity contribution in [1.82, 2.24) is 0 Å². The summed E-state index contributed by atoms with van der Waals surface area (Å²) in [6, 6.07) is 5.18. The maximum Gasteiger partial charge on any atom is 0.393 e. The number of aliphatic hydroxyl groups excluding tert-OH is 1. The number of halogens is 3. The molecule has 0 aromatic heterocycles. The van der Waals surface area contributed by atoms with E-state index < -0.39 is 18.2 Å². The van der Waals surface area contributed by atoms with Crippen molar-refractivity contribution in [2.45, 2.75) is 32.0 Å². The van der Waals surface area contributed by atoms with Gasteiger partial charge in [0.15, 0.2) is 0 Å². The van der Waals surface area contributed by atoms with Gasteiger partial charge >= 0.3 is 6.18 Å². The van der Waals surface area contributed by atoms with Gasteiger partial charge in [0.25, 0.3) is 0 Å². The van der Waals surface area contributed by atoms with E-state index in [2.05, 4.69) is 0 Å². The van der Waals surface area contributed by atoms with Gasteiger partial charge in [0.05, 0.1) is 19.1 Å². The van der Waals surface area contributed by atoms with Crippen molar-refractivity contribution in [2.24, 2.45) is 5.92 Å². The van der Waals surface area contributed by atoms with Crippen LogP contribution in [0.4, 0.5) is 18.9 Å². The molecule has 0 aliphatic carbocycles. The Morgan fingerprint density at radius 3 is 2.67 bits per heavy atom. The number of ether oxygens (including phenoxy) is 1. The minimum absolute atomic E-state index is 0.0730. The lowest BCUT2D eigenvalue weighted by atomic mass is 9.95. The summed E-state index contributed by atoms with van der Waals surface area (Å²) < 4.78 is 44.0. The molecule has 21 heavy (non-hydrogen) atoms. The molecule has 0 amide bonds. The van der Waals surface area contributed by atoms with Crippen LogP contribution in [-0.4, -0.2) is 31.5 Å². The molecular weight excluding hydrogens is 283 g/mol. The number of piperidine rings is 1. The molecule has 2 rings (SSSR count). The van der Waals surface area contributed by atoms with Crippen molar-refractivity contribution in [2.75, 3.05) is 25.1 Å². The highest BCUT2D eigenvalue weighted by Crippen LogP contribution is 2.39. The maximum absolute atomic E-state index is 12.9. The van der Waals surface area contributed by atoms with Gasteiger partial charge in [-0.25, -0.2) is 0 Å². The van der Waals surface area contributed by atoms with Crippen LogP contribution in [0, 0.1) is 5.92 Å². The molecule has 1 aromatic rings. The van der Waals surface area contributed by atoms with Crippen molar-refractivity contribution >= 4 is 5.69 Å². The van der Waals surface area contributed by atoms with E-state index >= 15 is 0 Å². The minimum Gasteiger partial charge on any atom is -0.496 e. The fraction of sp³-hybridized carbons (Fsp3) is 0.600. The van der Waals surface area contributed by atoms with Crippen molar-refractivity contribution < 1.29 is 23.0 Å². The second kappa shape index (κ2) is 6.13. The molecule has 118 valence electrons. The Bertz CT molecular complexity index is 488. The lowest BCUT2D eigenvalue weighted by Gasteiger charge is -2.36. The molecule has 0 spiro atoms. The van der Waals surface area contributed by atoms with Crippen LogP contribution in [-0.2, 0) is 0 Å². The van der Waals surface area contributed by atoms with Crippen molar-refractivity contribution in [1.29, 1.82) is 0 Å². The maximum atomic E-state index is 12.9. The molecule has 0 radical (unpaired) electrons. The third-order valence-corrected chi connectivity index (χ3v) is 3.91. The van der Waals surface area contributed by atoms with E-state index in [4.69, 9.17) is 4.74 Å². The first kappa shape index (κ1) is 15.9. The molecule has 1 aromatic carbocycles. The Morgan fingerprint density at radius 2 is 2.10 bits per heavy atom. The summed E-state index contributed by atoms with van der Waals surface area (Å²) in [5.74, 6) is -0.823. The lowest BCUT2D eigenvalue weighted by molar-refractivity contribution is -0.176. The number of benzene rings is 1. The van der Waals surface area contributed by atoms with Crippen LogP contribution in [0.1, 0.15) is 31.4 Å². The van der Waals surface area contributed by atoms with Gasteiger partial charge in [-0.15, -0.1) is 0 Å². The quantitative estimate of drug-likeness (QED) is 0.927. The summed E-state index contributed by atoms with van der Waals surface area (Å²) in [6.45, 7) is 2.07. The molecule has 0 saturated carbocycles. The van der Waals surface area contributed by atoms with Gasteiger partial charge in [-0.3, -0.25) is 0 Å². The van der Waals surface area contributed by atoms with E-state index in [0.717, 1.165) is 0 Å². The van der Waals surface area contributed by atoms with Gasteiger partial charge in [-0.2, -0.15) is 13.2 Å². The second-order valence-electron chi connectivity index (χ2n) is 5.40. The van der Waals surface area contributed by atoms with Crippen LogP contribution in [0.25, 0.3) is 0 Å². The highest BCUT2D eigenvalue weighted by atomic mass is 19.4. The van der Waals surface area contributed by atoms with Crippen LogP contribution in [0.2, 0.25) is 0 Å². The number of methoxy groups -OCH3 is 1. The van der Waals surface area contributed by atoms with E-state index in [0.29, 0.717) is 30.0 Å². The Morgan fingerprint density at radius 1 is 1.38 bits per heavy atom. The smallest absolute Gasteiger partial charge is 0.393 e. The average Bonchev–Trinajstić information content (AvgIpc) is 2.45. The highest BCUT2D eigenvalue weighted by molar-refractivity contribution is 5.60. The van der Waals surface area contributed by atoms with E-state index in [1.54, 1.807) is 30.0 Å². The number of hydrogen-bond acceptors (Lipinski definition) is 3. The van der Waals surface area contributed by atoms with Crippen molar-refractivity contribution in [3.8, 4) is 5.75 Å². The zero-order valence-electron chi connectivity index (χ0n) is 12.2. The molecule has 1 aliphatic heterocycles. The van der Waals surface area contributed by atoms with Crippen LogP contribution in [0.15, 0.2) is 18.2 Å². The van der Waals surface area contributed by atoms with Crippen LogP contribution in [0.3, 0.4) is 0 Å². The van der Waals surface area contributed by atoms with Crippen LogP contribution in [0.5, 0.6) is 5.75 Å². The van der Waals surface area contributed by atoms with Gasteiger partial charge in [0, 0.05) is 24.3 Å². The molecule has 1 aliphatic rings. The third-order valence-electron chi connectivity index (χ3n) is 3.91. The summed E-state index contributed by atoms with van der Waals surface area (Å²) in [4.78, 5) is 1.70. The van der Waals surface area contributed by atoms with Crippen molar-refractivity contribution in [3.05, 3.63) is 23.8 Å². The predicted molar refractivity (Wildman–Crippen MR) is 74.6 cm³/mol. The largest absolute Gasteiger partial charge is 0.496 e. The molecule has 1 heterocycles. The Labute approximate surface area is 122 Å². The fourth-order valence-corrected chi connectivity index (χ4v) is 2.87. The van der Waals surface area contributed by atoms with Gasteiger partial charge in [0.2, 0.25) is 0 Å². The Kier molecular flexibility index (Phi) is 4.66. The fourth-order valence-electron chi connectivity index (χ4n) is 2.87. The zero-order valence-corrected chi connectivity index (χ0v) is 12.2. The van der Waals surface area contributed by atoms with Gasteiger partial charge in [0.1, 0.15) is 5.75 Å². The highest BCUT2D eigenvalue weighted by Gasteiger charge is 2.42. The molecule has 2 atom stereocenters. The van der Waals surface area contributed by atoms with Gasteiger partial charge < -0.3 is 14.7 Å². The summed E-state index contributed by atoms with van der Waals surface area (Å²) >= 11 is 0. The predicted octanol–water partition coefficient (Wildman–Crippen LogP) is 3.53. The molecule has 1 N–H and O–H groups in total. The topological polar surface area (TPSA) is 32.7 Å².